The van der Waals surface area contributed by atoms with E-state index in [2.05, 4.69) is 6.92 Å². The van der Waals surface area contributed by atoms with Gasteiger partial charge in [0.05, 0.1) is 0 Å². The Morgan fingerprint density at radius 2 is 1.30 bits per heavy atom. The molecule has 5 rings (SSSR count). The summed E-state index contributed by atoms with van der Waals surface area (Å²) in [6, 6.07) is 1.26. The molecule has 0 amide bonds. The highest BCUT2D eigenvalue weighted by Gasteiger charge is 2.40. The minimum Gasteiger partial charge on any atom is -0.204 e. The number of fused-ring (bicyclic) bond motifs is 2. The van der Waals surface area contributed by atoms with Crippen molar-refractivity contribution >= 4 is 0 Å². The molecule has 0 bridgehead atoms. The molecule has 1 aromatic rings. The molecule has 0 radical (unpaired) electrons. The van der Waals surface area contributed by atoms with E-state index in [1.807, 2.05) is 0 Å². The van der Waals surface area contributed by atoms with Gasteiger partial charge in [0.2, 0.25) is 0 Å². The molecule has 4 aliphatic rings. The molecule has 0 nitrogen and oxygen atoms in total. The summed E-state index contributed by atoms with van der Waals surface area (Å²) in [4.78, 5) is 0. The predicted molar refractivity (Wildman–Crippen MR) is 128 cm³/mol. The van der Waals surface area contributed by atoms with Gasteiger partial charge < -0.3 is 0 Å². The maximum atomic E-state index is 14.2. The molecule has 3 saturated carbocycles. The third-order valence-corrected chi connectivity index (χ3v) is 10.5. The Bertz CT molecular complexity index is 809. The Balaban J connectivity index is 1.11. The summed E-state index contributed by atoms with van der Waals surface area (Å²) in [7, 11) is 0. The van der Waals surface area contributed by atoms with E-state index >= 15 is 0 Å². The molecule has 4 aliphatic carbocycles. The van der Waals surface area contributed by atoms with Gasteiger partial charge in [-0.2, -0.15) is 0 Å². The largest absolute Gasteiger partial charge is 0.204 e. The van der Waals surface area contributed by atoms with Crippen LogP contribution in [0.4, 0.5) is 13.2 Å². The fourth-order valence-electron chi connectivity index (χ4n) is 8.54. The fraction of sp³-hybridized carbons (Fsp3) is 0.800. The molecule has 3 fully saturated rings. The summed E-state index contributed by atoms with van der Waals surface area (Å²) < 4.78 is 41.5. The van der Waals surface area contributed by atoms with Crippen LogP contribution in [0.15, 0.2) is 6.07 Å². The van der Waals surface area contributed by atoms with E-state index in [1.54, 1.807) is 0 Å². The van der Waals surface area contributed by atoms with E-state index in [-0.39, 0.29) is 0 Å². The second-order valence-corrected chi connectivity index (χ2v) is 12.2. The minimum absolute atomic E-state index is 0.431. The Morgan fingerprint density at radius 1 is 0.697 bits per heavy atom. The molecule has 5 atom stereocenters. The van der Waals surface area contributed by atoms with Crippen molar-refractivity contribution in [1.82, 2.24) is 0 Å². The Kier molecular flexibility index (Phi) is 7.43. The minimum atomic E-state index is -1.29. The van der Waals surface area contributed by atoms with Crippen LogP contribution < -0.4 is 0 Å². The van der Waals surface area contributed by atoms with Gasteiger partial charge in [0.25, 0.3) is 0 Å². The van der Waals surface area contributed by atoms with Crippen molar-refractivity contribution < 1.29 is 13.2 Å². The molecule has 0 spiro atoms. The van der Waals surface area contributed by atoms with E-state index in [9.17, 15) is 13.2 Å². The van der Waals surface area contributed by atoms with Crippen molar-refractivity contribution in [1.29, 1.82) is 0 Å². The van der Waals surface area contributed by atoms with Crippen molar-refractivity contribution in [3.8, 4) is 0 Å². The average Bonchev–Trinajstić information content (AvgIpc) is 2.85. The summed E-state index contributed by atoms with van der Waals surface area (Å²) >= 11 is 0. The van der Waals surface area contributed by atoms with Crippen LogP contribution in [-0.2, 0) is 12.8 Å². The van der Waals surface area contributed by atoms with Crippen LogP contribution in [0, 0.1) is 58.9 Å². The van der Waals surface area contributed by atoms with Crippen LogP contribution in [-0.4, -0.2) is 0 Å². The van der Waals surface area contributed by atoms with E-state index < -0.39 is 17.5 Å². The van der Waals surface area contributed by atoms with E-state index in [0.717, 1.165) is 48.0 Å². The number of halogens is 3. The Labute approximate surface area is 199 Å². The van der Waals surface area contributed by atoms with Gasteiger partial charge in [-0.3, -0.25) is 0 Å². The highest BCUT2D eigenvalue weighted by Crippen LogP contribution is 2.50. The van der Waals surface area contributed by atoms with Crippen molar-refractivity contribution in [2.45, 2.75) is 110 Å². The maximum absolute atomic E-state index is 14.2. The molecule has 0 saturated heterocycles. The topological polar surface area (TPSA) is 0 Å². The molecule has 5 unspecified atom stereocenters. The third kappa shape index (κ3) is 5.03. The van der Waals surface area contributed by atoms with E-state index in [0.29, 0.717) is 23.8 Å². The summed E-state index contributed by atoms with van der Waals surface area (Å²) in [6.07, 6.45) is 20.6. The maximum Gasteiger partial charge on any atom is 0.194 e. The fourth-order valence-corrected chi connectivity index (χ4v) is 8.54. The monoisotopic (exact) mass is 460 g/mol. The lowest BCUT2D eigenvalue weighted by Gasteiger charge is -2.46. The lowest BCUT2D eigenvalue weighted by molar-refractivity contribution is 0.0527. The summed E-state index contributed by atoms with van der Waals surface area (Å²) in [5.74, 6) is 2.80. The van der Waals surface area contributed by atoms with Gasteiger partial charge in [-0.25, -0.2) is 13.2 Å². The van der Waals surface area contributed by atoms with Gasteiger partial charge in [-0.1, -0.05) is 32.6 Å². The smallest absolute Gasteiger partial charge is 0.194 e. The van der Waals surface area contributed by atoms with Crippen molar-refractivity contribution in [2.24, 2.45) is 41.4 Å². The van der Waals surface area contributed by atoms with Crippen LogP contribution in [0.25, 0.3) is 0 Å². The number of benzene rings is 1. The molecular formula is C30H43F3. The van der Waals surface area contributed by atoms with Gasteiger partial charge in [0.15, 0.2) is 17.5 Å². The van der Waals surface area contributed by atoms with Crippen LogP contribution in [0.3, 0.4) is 0 Å². The number of hydrogen-bond acceptors (Lipinski definition) is 0. The first-order valence-electron chi connectivity index (χ1n) is 14.2. The quantitative estimate of drug-likeness (QED) is 0.384. The van der Waals surface area contributed by atoms with Crippen LogP contribution >= 0.6 is 0 Å². The van der Waals surface area contributed by atoms with Crippen molar-refractivity contribution in [3.05, 3.63) is 34.6 Å². The van der Waals surface area contributed by atoms with Crippen molar-refractivity contribution in [3.63, 3.8) is 0 Å². The van der Waals surface area contributed by atoms with Gasteiger partial charge in [0.1, 0.15) is 0 Å². The van der Waals surface area contributed by atoms with E-state index in [4.69, 9.17) is 0 Å². The van der Waals surface area contributed by atoms with Gasteiger partial charge >= 0.3 is 0 Å². The van der Waals surface area contributed by atoms with Gasteiger partial charge in [0, 0.05) is 0 Å². The Hall–Kier alpha value is -0.990. The number of unbranched alkanes of at least 4 members (excludes halogenated alkanes) is 1. The molecular weight excluding hydrogens is 417 g/mol. The SMILES string of the molecule is CCCCC1CCC2CC(C3CCC(C4CCc5c(cc(F)c(F)c5F)C4)CC3)CCC2C1. The first-order chi connectivity index (χ1) is 16.0. The van der Waals surface area contributed by atoms with Crippen LogP contribution in [0.1, 0.15) is 108 Å². The summed E-state index contributed by atoms with van der Waals surface area (Å²) in [5.41, 5.74) is 1.15. The number of rotatable bonds is 5. The zero-order valence-electron chi connectivity index (χ0n) is 20.6. The molecule has 3 heteroatoms. The molecule has 0 aromatic heterocycles. The van der Waals surface area contributed by atoms with Crippen molar-refractivity contribution in [2.75, 3.05) is 0 Å². The average molecular weight is 461 g/mol. The second kappa shape index (κ2) is 10.3. The standard InChI is InChI=1S/C30H43F3/c1-2-3-4-19-5-6-25-16-23(12-11-22(25)15-19)20-7-9-21(10-8-20)24-13-14-27-26(17-24)18-28(31)30(33)29(27)32/h18-25H,2-17H2,1H3. The first-order valence-corrected chi connectivity index (χ1v) is 14.2. The van der Waals surface area contributed by atoms with Gasteiger partial charge in [-0.05, 0) is 136 Å². The van der Waals surface area contributed by atoms with Gasteiger partial charge in [-0.15, -0.1) is 0 Å². The highest BCUT2D eigenvalue weighted by atomic mass is 19.2. The molecule has 1 aromatic carbocycles. The molecule has 0 N–H and O–H groups in total. The summed E-state index contributed by atoms with van der Waals surface area (Å²) in [5, 5.41) is 0. The normalized spacial score (nSPS) is 36.8. The Morgan fingerprint density at radius 3 is 2.03 bits per heavy atom. The van der Waals surface area contributed by atoms with Crippen LogP contribution in [0.5, 0.6) is 0 Å². The lowest BCUT2D eigenvalue weighted by Crippen LogP contribution is -2.35. The molecule has 184 valence electrons. The molecule has 33 heavy (non-hydrogen) atoms. The third-order valence-electron chi connectivity index (χ3n) is 10.5. The zero-order chi connectivity index (χ0) is 22.9. The first kappa shape index (κ1) is 23.7. The zero-order valence-corrected chi connectivity index (χ0v) is 20.6. The van der Waals surface area contributed by atoms with E-state index in [1.165, 1.54) is 89.5 Å². The summed E-state index contributed by atoms with van der Waals surface area (Å²) in [6.45, 7) is 2.32. The lowest BCUT2D eigenvalue weighted by atomic mass is 9.60. The second-order valence-electron chi connectivity index (χ2n) is 12.2. The predicted octanol–water partition coefficient (Wildman–Crippen LogP) is 9.04. The molecule has 0 heterocycles. The highest BCUT2D eigenvalue weighted by molar-refractivity contribution is 5.33. The number of hydrogen-bond donors (Lipinski definition) is 0. The molecule has 0 aliphatic heterocycles. The van der Waals surface area contributed by atoms with Crippen LogP contribution in [0.2, 0.25) is 0 Å².